The average Bonchev–Trinajstić information content (AvgIpc) is 2.30. The van der Waals surface area contributed by atoms with Gasteiger partial charge < -0.3 is 20.4 Å². The summed E-state index contributed by atoms with van der Waals surface area (Å²) in [5.74, 6) is 0. The zero-order chi connectivity index (χ0) is 12.7. The van der Waals surface area contributed by atoms with E-state index >= 15 is 0 Å². The third kappa shape index (κ3) is 5.42. The Kier molecular flexibility index (Phi) is 5.59. The lowest BCUT2D eigenvalue weighted by atomic mass is 10.2. The van der Waals surface area contributed by atoms with E-state index in [4.69, 9.17) is 26.6 Å². The normalized spacial score (nSPS) is 14.8. The van der Waals surface area contributed by atoms with Crippen LogP contribution in [0.15, 0.2) is 24.3 Å². The van der Waals surface area contributed by atoms with Crippen molar-refractivity contribution in [3.63, 3.8) is 0 Å². The first-order valence-corrected chi connectivity index (χ1v) is 5.60. The lowest BCUT2D eigenvalue weighted by molar-refractivity contribution is 0.137. The number of hydrogen-bond donors (Lipinski definition) is 3. The number of piperazine rings is 1. The predicted molar refractivity (Wildman–Crippen MR) is 67.2 cm³/mol. The second-order valence-electron chi connectivity index (χ2n) is 3.50. The third-order valence-corrected chi connectivity index (χ3v) is 2.56. The molecular formula is C11H15ClN2O3. The van der Waals surface area contributed by atoms with Crippen molar-refractivity contribution in [3.8, 4) is 0 Å². The van der Waals surface area contributed by atoms with Crippen LogP contribution in [0.2, 0.25) is 5.02 Å². The number of rotatable bonds is 1. The van der Waals surface area contributed by atoms with Gasteiger partial charge in [0.2, 0.25) is 0 Å². The molecule has 0 unspecified atom stereocenters. The van der Waals surface area contributed by atoms with Gasteiger partial charge in [0.25, 0.3) is 0 Å². The smallest absolute Gasteiger partial charge is 0.450 e. The van der Waals surface area contributed by atoms with Gasteiger partial charge in [0.1, 0.15) is 0 Å². The first-order chi connectivity index (χ1) is 8.09. The van der Waals surface area contributed by atoms with Crippen molar-refractivity contribution in [1.29, 1.82) is 0 Å². The summed E-state index contributed by atoms with van der Waals surface area (Å²) in [6.45, 7) is 4.31. The van der Waals surface area contributed by atoms with E-state index in [0.717, 1.165) is 31.2 Å². The molecular weight excluding hydrogens is 244 g/mol. The lowest BCUT2D eigenvalue weighted by Gasteiger charge is -2.29. The van der Waals surface area contributed by atoms with Crippen molar-refractivity contribution < 1.29 is 15.0 Å². The van der Waals surface area contributed by atoms with Crippen molar-refractivity contribution in [1.82, 2.24) is 5.32 Å². The molecule has 17 heavy (non-hydrogen) atoms. The minimum absolute atomic E-state index is 0.805. The van der Waals surface area contributed by atoms with Crippen LogP contribution in [0, 0.1) is 0 Å². The molecule has 6 heteroatoms. The standard InChI is InChI=1S/C10H13ClN2.CH2O3/c11-9-1-3-10(4-2-9)13-7-5-12-6-8-13;2-1(3)4/h1-4,12H,5-8H2;(H2,2,3,4). The summed E-state index contributed by atoms with van der Waals surface area (Å²) >= 11 is 5.82. The largest absolute Gasteiger partial charge is 0.503 e. The average molecular weight is 259 g/mol. The predicted octanol–water partition coefficient (Wildman–Crippen LogP) is 1.97. The minimum atomic E-state index is -1.83. The summed E-state index contributed by atoms with van der Waals surface area (Å²) < 4.78 is 0. The highest BCUT2D eigenvalue weighted by molar-refractivity contribution is 6.30. The Morgan fingerprint density at radius 2 is 1.65 bits per heavy atom. The van der Waals surface area contributed by atoms with E-state index in [1.165, 1.54) is 5.69 Å². The van der Waals surface area contributed by atoms with Gasteiger partial charge in [0, 0.05) is 36.9 Å². The van der Waals surface area contributed by atoms with Crippen molar-refractivity contribution >= 4 is 23.4 Å². The zero-order valence-electron chi connectivity index (χ0n) is 9.27. The molecule has 1 aromatic rings. The molecule has 1 aliphatic rings. The maximum Gasteiger partial charge on any atom is 0.503 e. The zero-order valence-corrected chi connectivity index (χ0v) is 10.0. The van der Waals surface area contributed by atoms with Gasteiger partial charge in [-0.15, -0.1) is 0 Å². The highest BCUT2D eigenvalue weighted by Gasteiger charge is 2.09. The monoisotopic (exact) mass is 258 g/mol. The highest BCUT2D eigenvalue weighted by atomic mass is 35.5. The van der Waals surface area contributed by atoms with Gasteiger partial charge >= 0.3 is 6.16 Å². The van der Waals surface area contributed by atoms with E-state index in [2.05, 4.69) is 22.3 Å². The van der Waals surface area contributed by atoms with E-state index in [1.54, 1.807) is 0 Å². The van der Waals surface area contributed by atoms with Crippen molar-refractivity contribution in [3.05, 3.63) is 29.3 Å². The Morgan fingerprint density at radius 1 is 1.18 bits per heavy atom. The van der Waals surface area contributed by atoms with Gasteiger partial charge in [-0.05, 0) is 24.3 Å². The molecule has 0 radical (unpaired) electrons. The molecule has 1 heterocycles. The molecule has 0 bridgehead atoms. The summed E-state index contributed by atoms with van der Waals surface area (Å²) in [6.07, 6.45) is -1.83. The first-order valence-electron chi connectivity index (χ1n) is 5.22. The SMILES string of the molecule is Clc1ccc(N2CCNCC2)cc1.O=C(O)O. The summed E-state index contributed by atoms with van der Waals surface area (Å²) in [6, 6.07) is 8.04. The molecule has 0 atom stereocenters. The van der Waals surface area contributed by atoms with E-state index in [0.29, 0.717) is 0 Å². The molecule has 1 aliphatic heterocycles. The van der Waals surface area contributed by atoms with Crippen LogP contribution in [-0.4, -0.2) is 42.5 Å². The second-order valence-corrected chi connectivity index (χ2v) is 3.93. The van der Waals surface area contributed by atoms with E-state index in [-0.39, 0.29) is 0 Å². The topological polar surface area (TPSA) is 72.8 Å². The summed E-state index contributed by atoms with van der Waals surface area (Å²) in [7, 11) is 0. The Balaban J connectivity index is 0.000000317. The Labute approximate surface area is 105 Å². The summed E-state index contributed by atoms with van der Waals surface area (Å²) in [5.41, 5.74) is 1.27. The Bertz CT molecular complexity index is 346. The van der Waals surface area contributed by atoms with Crippen molar-refractivity contribution in [2.75, 3.05) is 31.1 Å². The van der Waals surface area contributed by atoms with Crippen molar-refractivity contribution in [2.24, 2.45) is 0 Å². The molecule has 0 aromatic heterocycles. The number of nitrogens with one attached hydrogen (secondary N) is 1. The molecule has 1 fully saturated rings. The van der Waals surface area contributed by atoms with Crippen LogP contribution in [0.5, 0.6) is 0 Å². The quantitative estimate of drug-likeness (QED) is 0.718. The number of anilines is 1. The second kappa shape index (κ2) is 6.98. The fourth-order valence-electron chi connectivity index (χ4n) is 1.57. The first kappa shape index (κ1) is 13.6. The molecule has 0 amide bonds. The third-order valence-electron chi connectivity index (χ3n) is 2.31. The number of carbonyl (C=O) groups is 1. The number of hydrogen-bond acceptors (Lipinski definition) is 3. The molecule has 1 aromatic carbocycles. The molecule has 3 N–H and O–H groups in total. The lowest BCUT2D eigenvalue weighted by Crippen LogP contribution is -2.43. The Morgan fingerprint density at radius 3 is 2.12 bits per heavy atom. The fourth-order valence-corrected chi connectivity index (χ4v) is 1.70. The maximum atomic E-state index is 8.56. The number of carboxylic acid groups (broad SMARTS) is 2. The van der Waals surface area contributed by atoms with E-state index < -0.39 is 6.16 Å². The molecule has 1 saturated heterocycles. The molecule has 2 rings (SSSR count). The van der Waals surface area contributed by atoms with Gasteiger partial charge in [0.15, 0.2) is 0 Å². The minimum Gasteiger partial charge on any atom is -0.450 e. The molecule has 94 valence electrons. The van der Waals surface area contributed by atoms with Gasteiger partial charge in [-0.1, -0.05) is 11.6 Å². The van der Waals surface area contributed by atoms with Gasteiger partial charge in [-0.25, -0.2) is 4.79 Å². The molecule has 0 spiro atoms. The number of benzene rings is 1. The van der Waals surface area contributed by atoms with Gasteiger partial charge in [0.05, 0.1) is 0 Å². The van der Waals surface area contributed by atoms with Crippen LogP contribution in [0.4, 0.5) is 10.5 Å². The molecule has 5 nitrogen and oxygen atoms in total. The van der Waals surface area contributed by atoms with E-state index in [1.807, 2.05) is 12.1 Å². The fraction of sp³-hybridized carbons (Fsp3) is 0.364. The molecule has 0 saturated carbocycles. The Hall–Kier alpha value is -1.46. The van der Waals surface area contributed by atoms with Crippen molar-refractivity contribution in [2.45, 2.75) is 0 Å². The number of nitrogens with zero attached hydrogens (tertiary/aromatic N) is 1. The van der Waals surface area contributed by atoms with E-state index in [9.17, 15) is 0 Å². The maximum absolute atomic E-state index is 8.56. The van der Waals surface area contributed by atoms with Crippen LogP contribution < -0.4 is 10.2 Å². The summed E-state index contributed by atoms with van der Waals surface area (Å²) in [4.78, 5) is 10.9. The van der Waals surface area contributed by atoms with Crippen LogP contribution in [-0.2, 0) is 0 Å². The van der Waals surface area contributed by atoms with Crippen LogP contribution in [0.1, 0.15) is 0 Å². The van der Waals surface area contributed by atoms with Gasteiger partial charge in [-0.3, -0.25) is 0 Å². The summed E-state index contributed by atoms with van der Waals surface area (Å²) in [5, 5.41) is 18.1. The highest BCUT2D eigenvalue weighted by Crippen LogP contribution is 2.17. The van der Waals surface area contributed by atoms with Gasteiger partial charge in [-0.2, -0.15) is 0 Å². The number of halogens is 1. The molecule has 0 aliphatic carbocycles. The van der Waals surface area contributed by atoms with Crippen LogP contribution in [0.3, 0.4) is 0 Å². The van der Waals surface area contributed by atoms with Crippen LogP contribution >= 0.6 is 11.6 Å². The van der Waals surface area contributed by atoms with Crippen LogP contribution in [0.25, 0.3) is 0 Å².